The first-order valence-electron chi connectivity index (χ1n) is 6.76. The molecule has 0 atom stereocenters. The van der Waals surface area contributed by atoms with Crippen LogP contribution in [0.15, 0.2) is 36.9 Å². The monoisotopic (exact) mass is 287 g/mol. The van der Waals surface area contributed by atoms with Crippen LogP contribution in [0.5, 0.6) is 0 Å². The Morgan fingerprint density at radius 1 is 1.19 bits per heavy atom. The van der Waals surface area contributed by atoms with Gasteiger partial charge < -0.3 is 0 Å². The van der Waals surface area contributed by atoms with Crippen molar-refractivity contribution in [1.82, 2.24) is 15.0 Å². The van der Waals surface area contributed by atoms with Crippen molar-refractivity contribution in [1.29, 1.82) is 0 Å². The highest BCUT2D eigenvalue weighted by atomic mass is 16.7. The van der Waals surface area contributed by atoms with Crippen LogP contribution in [0.25, 0.3) is 0 Å². The second kappa shape index (κ2) is 6.25. The van der Waals surface area contributed by atoms with E-state index >= 15 is 0 Å². The third-order valence-electron chi connectivity index (χ3n) is 3.82. The summed E-state index contributed by atoms with van der Waals surface area (Å²) >= 11 is 0. The SMILES string of the molecule is CCC(CC)(c1cccnc1)c1cnc(N[N+](=O)[O-])nc1. The van der Waals surface area contributed by atoms with E-state index in [0.29, 0.717) is 0 Å². The van der Waals surface area contributed by atoms with Gasteiger partial charge in [-0.3, -0.25) is 4.98 Å². The van der Waals surface area contributed by atoms with Gasteiger partial charge in [0.05, 0.1) is 0 Å². The Balaban J connectivity index is 2.41. The zero-order valence-corrected chi connectivity index (χ0v) is 12.0. The van der Waals surface area contributed by atoms with E-state index in [1.807, 2.05) is 23.8 Å². The molecule has 7 heteroatoms. The van der Waals surface area contributed by atoms with Crippen molar-refractivity contribution in [3.8, 4) is 0 Å². The molecule has 0 saturated carbocycles. The van der Waals surface area contributed by atoms with Gasteiger partial charge in [0.1, 0.15) is 0 Å². The Morgan fingerprint density at radius 2 is 1.86 bits per heavy atom. The van der Waals surface area contributed by atoms with Crippen LogP contribution in [0.2, 0.25) is 0 Å². The fourth-order valence-electron chi connectivity index (χ4n) is 2.59. The molecular weight excluding hydrogens is 270 g/mol. The molecule has 2 aromatic heterocycles. The number of nitrogens with zero attached hydrogens (tertiary/aromatic N) is 4. The summed E-state index contributed by atoms with van der Waals surface area (Å²) in [7, 11) is 0. The van der Waals surface area contributed by atoms with Crippen LogP contribution in [0.1, 0.15) is 37.8 Å². The van der Waals surface area contributed by atoms with Gasteiger partial charge in [-0.15, -0.1) is 0 Å². The maximum absolute atomic E-state index is 10.4. The van der Waals surface area contributed by atoms with Crippen LogP contribution in [-0.4, -0.2) is 20.0 Å². The molecule has 0 fully saturated rings. The Labute approximate surface area is 122 Å². The van der Waals surface area contributed by atoms with Crippen molar-refractivity contribution in [3.63, 3.8) is 0 Å². The molecule has 0 spiro atoms. The van der Waals surface area contributed by atoms with Crippen LogP contribution in [0.3, 0.4) is 0 Å². The number of hydrogen-bond acceptors (Lipinski definition) is 5. The Kier molecular flexibility index (Phi) is 4.42. The van der Waals surface area contributed by atoms with Crippen LogP contribution < -0.4 is 5.43 Å². The molecule has 110 valence electrons. The third-order valence-corrected chi connectivity index (χ3v) is 3.82. The van der Waals surface area contributed by atoms with Gasteiger partial charge in [0, 0.05) is 30.2 Å². The lowest BCUT2D eigenvalue weighted by Crippen LogP contribution is -2.27. The number of aromatic nitrogens is 3. The van der Waals surface area contributed by atoms with E-state index in [1.54, 1.807) is 18.6 Å². The minimum absolute atomic E-state index is 0.0176. The zero-order valence-electron chi connectivity index (χ0n) is 12.0. The van der Waals surface area contributed by atoms with Crippen LogP contribution in [-0.2, 0) is 5.41 Å². The highest BCUT2D eigenvalue weighted by Crippen LogP contribution is 2.37. The Bertz CT molecular complexity index is 597. The van der Waals surface area contributed by atoms with Gasteiger partial charge in [0.2, 0.25) is 0 Å². The van der Waals surface area contributed by atoms with Crippen molar-refractivity contribution in [2.45, 2.75) is 32.1 Å². The van der Waals surface area contributed by atoms with E-state index in [4.69, 9.17) is 0 Å². The molecule has 2 rings (SSSR count). The number of nitrogens with one attached hydrogen (secondary N) is 1. The fourth-order valence-corrected chi connectivity index (χ4v) is 2.59. The summed E-state index contributed by atoms with van der Waals surface area (Å²) in [5.74, 6) is -0.0176. The highest BCUT2D eigenvalue weighted by Gasteiger charge is 2.31. The summed E-state index contributed by atoms with van der Waals surface area (Å²) in [6.45, 7) is 4.19. The van der Waals surface area contributed by atoms with Gasteiger partial charge in [0.25, 0.3) is 5.95 Å². The molecule has 0 bridgehead atoms. The Hall–Kier alpha value is -2.57. The smallest absolute Gasteiger partial charge is 0.264 e. The predicted molar refractivity (Wildman–Crippen MR) is 78.2 cm³/mol. The molecule has 21 heavy (non-hydrogen) atoms. The number of nitro groups is 1. The second-order valence-electron chi connectivity index (χ2n) is 4.70. The van der Waals surface area contributed by atoms with Gasteiger partial charge >= 0.3 is 0 Å². The molecule has 0 aliphatic carbocycles. The second-order valence-corrected chi connectivity index (χ2v) is 4.70. The summed E-state index contributed by atoms with van der Waals surface area (Å²) in [4.78, 5) is 22.6. The molecule has 0 amide bonds. The minimum Gasteiger partial charge on any atom is -0.264 e. The van der Waals surface area contributed by atoms with E-state index in [9.17, 15) is 10.1 Å². The molecule has 0 aromatic carbocycles. The molecule has 0 aliphatic rings. The van der Waals surface area contributed by atoms with E-state index in [1.165, 1.54) is 0 Å². The van der Waals surface area contributed by atoms with E-state index in [2.05, 4.69) is 28.8 Å². The topological polar surface area (TPSA) is 93.8 Å². The normalized spacial score (nSPS) is 11.1. The maximum Gasteiger partial charge on any atom is 0.284 e. The van der Waals surface area contributed by atoms with Gasteiger partial charge in [0.15, 0.2) is 5.03 Å². The third kappa shape index (κ3) is 2.96. The first kappa shape index (κ1) is 14.8. The van der Waals surface area contributed by atoms with Crippen LogP contribution in [0, 0.1) is 10.1 Å². The first-order valence-corrected chi connectivity index (χ1v) is 6.76. The fraction of sp³-hybridized carbons (Fsp3) is 0.357. The summed E-state index contributed by atoms with van der Waals surface area (Å²) in [6, 6.07) is 3.93. The van der Waals surface area contributed by atoms with Crippen molar-refractivity contribution >= 4 is 5.95 Å². The Morgan fingerprint density at radius 3 is 2.33 bits per heavy atom. The molecule has 7 nitrogen and oxygen atoms in total. The molecule has 1 N–H and O–H groups in total. The van der Waals surface area contributed by atoms with Gasteiger partial charge in [-0.1, -0.05) is 25.3 Å². The van der Waals surface area contributed by atoms with E-state index < -0.39 is 5.03 Å². The van der Waals surface area contributed by atoms with Gasteiger partial charge in [-0.2, -0.15) is 0 Å². The highest BCUT2D eigenvalue weighted by molar-refractivity contribution is 5.37. The van der Waals surface area contributed by atoms with Gasteiger partial charge in [-0.25, -0.2) is 20.1 Å². The summed E-state index contributed by atoms with van der Waals surface area (Å²) < 4.78 is 0. The first-order chi connectivity index (χ1) is 10.1. The number of rotatable bonds is 6. The average Bonchev–Trinajstić information content (AvgIpc) is 2.51. The molecule has 2 aromatic rings. The molecule has 0 saturated heterocycles. The lowest BCUT2D eigenvalue weighted by atomic mass is 9.72. The molecule has 0 radical (unpaired) electrons. The predicted octanol–water partition coefficient (Wildman–Crippen LogP) is 2.58. The molecule has 0 aliphatic heterocycles. The lowest BCUT2D eigenvalue weighted by molar-refractivity contribution is -0.446. The summed E-state index contributed by atoms with van der Waals surface area (Å²) in [5.41, 5.74) is 3.73. The lowest BCUT2D eigenvalue weighted by Gasteiger charge is -2.32. The van der Waals surface area contributed by atoms with Crippen molar-refractivity contribution in [3.05, 3.63) is 58.2 Å². The van der Waals surface area contributed by atoms with Crippen LogP contribution in [0.4, 0.5) is 5.95 Å². The zero-order chi connectivity index (χ0) is 15.3. The number of hydrogen-bond donors (Lipinski definition) is 1. The summed E-state index contributed by atoms with van der Waals surface area (Å²) in [5, 5.41) is 9.71. The largest absolute Gasteiger partial charge is 0.284 e. The number of anilines is 1. The average molecular weight is 287 g/mol. The van der Waals surface area contributed by atoms with E-state index in [-0.39, 0.29) is 11.4 Å². The van der Waals surface area contributed by atoms with Crippen molar-refractivity contribution < 1.29 is 5.03 Å². The van der Waals surface area contributed by atoms with Crippen molar-refractivity contribution in [2.24, 2.45) is 0 Å². The molecular formula is C14H17N5O2. The van der Waals surface area contributed by atoms with Gasteiger partial charge in [-0.05, 0) is 30.0 Å². The summed E-state index contributed by atoms with van der Waals surface area (Å²) in [6.07, 6.45) is 8.58. The number of pyridine rings is 1. The quantitative estimate of drug-likeness (QED) is 0.648. The van der Waals surface area contributed by atoms with Crippen LogP contribution >= 0.6 is 0 Å². The maximum atomic E-state index is 10.4. The molecule has 2 heterocycles. The van der Waals surface area contributed by atoms with Crippen molar-refractivity contribution in [2.75, 3.05) is 5.43 Å². The van der Waals surface area contributed by atoms with E-state index in [0.717, 1.165) is 24.0 Å². The molecule has 0 unspecified atom stereocenters. The minimum atomic E-state index is -0.678. The number of hydrazine groups is 1. The standard InChI is InChI=1S/C14H17N5O2/c1-3-14(4-2,11-6-5-7-15-8-11)12-9-16-13(17-10-12)18-19(20)21/h5-10H,3-4H2,1-2H3,(H,16,17,18).